The molecule has 1 aliphatic rings. The maximum absolute atomic E-state index is 12.9. The normalized spacial score (nSPS) is 25.6. The number of pyridine rings is 1. The molecule has 0 saturated carbocycles. The number of ether oxygens (including phenoxy) is 1. The van der Waals surface area contributed by atoms with Crippen molar-refractivity contribution in [2.24, 2.45) is 0 Å². The van der Waals surface area contributed by atoms with Crippen LogP contribution in [0.5, 0.6) is 0 Å². The quantitative estimate of drug-likeness (QED) is 0.895. The zero-order valence-corrected chi connectivity index (χ0v) is 12.5. The van der Waals surface area contributed by atoms with Crippen LogP contribution >= 0.6 is 0 Å². The second-order valence-corrected chi connectivity index (χ2v) is 5.55. The van der Waals surface area contributed by atoms with Crippen LogP contribution in [0.1, 0.15) is 32.0 Å². The number of aromatic nitrogens is 1. The van der Waals surface area contributed by atoms with E-state index in [1.807, 2.05) is 7.05 Å². The summed E-state index contributed by atoms with van der Waals surface area (Å²) in [6, 6.07) is 3.37. The maximum Gasteiger partial charge on any atom is 0.141 e. The smallest absolute Gasteiger partial charge is 0.141 e. The van der Waals surface area contributed by atoms with E-state index >= 15 is 0 Å². The molecular weight excluding hydrogens is 257 g/mol. The third-order valence-corrected chi connectivity index (χ3v) is 3.68. The molecule has 1 aromatic heterocycles. The van der Waals surface area contributed by atoms with E-state index in [1.165, 1.54) is 12.3 Å². The van der Waals surface area contributed by atoms with Crippen molar-refractivity contribution in [3.8, 4) is 0 Å². The molecule has 2 rings (SSSR count). The molecule has 20 heavy (non-hydrogen) atoms. The van der Waals surface area contributed by atoms with E-state index in [0.717, 1.165) is 31.7 Å². The van der Waals surface area contributed by atoms with E-state index in [1.54, 1.807) is 6.07 Å². The number of hydrogen-bond donors (Lipinski definition) is 1. The summed E-state index contributed by atoms with van der Waals surface area (Å²) in [7, 11) is 1.92. The van der Waals surface area contributed by atoms with Crippen LogP contribution in [0.4, 0.5) is 4.39 Å². The number of nitrogens with zero attached hydrogens (tertiary/aromatic N) is 2. The standard InChI is InChI=1S/C15H24FN3O/c1-11-9-19(10-12(2)20-11)7-6-14(17-3)15-5-4-13(16)8-18-15/h4-5,8,11-12,14,17H,6-7,9-10H2,1-3H3/t11-,12+,14?. The first-order chi connectivity index (χ1) is 9.58. The van der Waals surface area contributed by atoms with Crippen molar-refractivity contribution in [3.63, 3.8) is 0 Å². The zero-order valence-electron chi connectivity index (χ0n) is 12.5. The Bertz CT molecular complexity index is 402. The highest BCUT2D eigenvalue weighted by Gasteiger charge is 2.22. The molecule has 0 amide bonds. The summed E-state index contributed by atoms with van der Waals surface area (Å²) >= 11 is 0. The molecule has 1 aliphatic heterocycles. The van der Waals surface area contributed by atoms with Crippen molar-refractivity contribution >= 4 is 0 Å². The van der Waals surface area contributed by atoms with Gasteiger partial charge in [-0.1, -0.05) is 0 Å². The fraction of sp³-hybridized carbons (Fsp3) is 0.667. The minimum Gasteiger partial charge on any atom is -0.373 e. The molecule has 2 heterocycles. The predicted molar refractivity (Wildman–Crippen MR) is 77.1 cm³/mol. The topological polar surface area (TPSA) is 37.4 Å². The summed E-state index contributed by atoms with van der Waals surface area (Å²) in [5.74, 6) is -0.292. The number of halogens is 1. The second-order valence-electron chi connectivity index (χ2n) is 5.55. The Morgan fingerprint density at radius 3 is 2.65 bits per heavy atom. The summed E-state index contributed by atoms with van der Waals surface area (Å²) in [4.78, 5) is 6.59. The molecular formula is C15H24FN3O. The molecule has 112 valence electrons. The second kappa shape index (κ2) is 7.11. The summed E-state index contributed by atoms with van der Waals surface area (Å²) < 4.78 is 18.6. The number of hydrogen-bond acceptors (Lipinski definition) is 4. The summed E-state index contributed by atoms with van der Waals surface area (Å²) in [6.07, 6.45) is 2.80. The van der Waals surface area contributed by atoms with Gasteiger partial charge in [0, 0.05) is 19.6 Å². The maximum atomic E-state index is 12.9. The van der Waals surface area contributed by atoms with Gasteiger partial charge in [-0.25, -0.2) is 4.39 Å². The van der Waals surface area contributed by atoms with Crippen molar-refractivity contribution in [1.29, 1.82) is 0 Å². The lowest BCUT2D eigenvalue weighted by atomic mass is 10.1. The van der Waals surface area contributed by atoms with Crippen LogP contribution in [0.25, 0.3) is 0 Å². The molecule has 1 fully saturated rings. The van der Waals surface area contributed by atoms with Crippen LogP contribution in [0.2, 0.25) is 0 Å². The Morgan fingerprint density at radius 2 is 2.10 bits per heavy atom. The van der Waals surface area contributed by atoms with Crippen LogP contribution in [-0.4, -0.2) is 48.8 Å². The highest BCUT2D eigenvalue weighted by Crippen LogP contribution is 2.17. The first kappa shape index (κ1) is 15.4. The van der Waals surface area contributed by atoms with Gasteiger partial charge >= 0.3 is 0 Å². The Kier molecular flexibility index (Phi) is 5.46. The molecule has 4 nitrogen and oxygen atoms in total. The average molecular weight is 281 g/mol. The van der Waals surface area contributed by atoms with Crippen LogP contribution in [0.15, 0.2) is 18.3 Å². The van der Waals surface area contributed by atoms with Gasteiger partial charge in [-0.15, -0.1) is 0 Å². The van der Waals surface area contributed by atoms with Gasteiger partial charge < -0.3 is 10.1 Å². The third kappa shape index (κ3) is 4.23. The van der Waals surface area contributed by atoms with E-state index in [0.29, 0.717) is 0 Å². The molecule has 0 aromatic carbocycles. The fourth-order valence-corrected chi connectivity index (χ4v) is 2.81. The van der Waals surface area contributed by atoms with Crippen LogP contribution < -0.4 is 5.32 Å². The molecule has 0 aliphatic carbocycles. The molecule has 0 radical (unpaired) electrons. The van der Waals surface area contributed by atoms with Gasteiger partial charge in [-0.3, -0.25) is 9.88 Å². The summed E-state index contributed by atoms with van der Waals surface area (Å²) in [5, 5.41) is 3.26. The van der Waals surface area contributed by atoms with Gasteiger partial charge in [0.05, 0.1) is 30.1 Å². The van der Waals surface area contributed by atoms with Gasteiger partial charge in [0.15, 0.2) is 0 Å². The monoisotopic (exact) mass is 281 g/mol. The third-order valence-electron chi connectivity index (χ3n) is 3.68. The number of rotatable bonds is 5. The van der Waals surface area contributed by atoms with Crippen molar-refractivity contribution in [2.45, 2.75) is 38.5 Å². The van der Waals surface area contributed by atoms with E-state index in [4.69, 9.17) is 4.74 Å². The number of nitrogens with one attached hydrogen (secondary N) is 1. The summed E-state index contributed by atoms with van der Waals surface area (Å²) in [6.45, 7) is 7.15. The van der Waals surface area contributed by atoms with Gasteiger partial charge in [-0.05, 0) is 39.4 Å². The van der Waals surface area contributed by atoms with Crippen LogP contribution in [0.3, 0.4) is 0 Å². The highest BCUT2D eigenvalue weighted by molar-refractivity contribution is 5.09. The Labute approximate surface area is 120 Å². The van der Waals surface area contributed by atoms with Crippen molar-refractivity contribution < 1.29 is 9.13 Å². The van der Waals surface area contributed by atoms with Gasteiger partial charge in [0.2, 0.25) is 0 Å². The van der Waals surface area contributed by atoms with Gasteiger partial charge in [0.1, 0.15) is 5.82 Å². The largest absolute Gasteiger partial charge is 0.373 e. The molecule has 0 spiro atoms. The van der Waals surface area contributed by atoms with Crippen molar-refractivity contribution in [2.75, 3.05) is 26.7 Å². The molecule has 1 aromatic rings. The van der Waals surface area contributed by atoms with Gasteiger partial charge in [0.25, 0.3) is 0 Å². The van der Waals surface area contributed by atoms with Crippen LogP contribution in [0, 0.1) is 5.82 Å². The summed E-state index contributed by atoms with van der Waals surface area (Å²) in [5.41, 5.74) is 0.892. The predicted octanol–water partition coefficient (Wildman–Crippen LogP) is 1.98. The Hall–Kier alpha value is -1.04. The first-order valence-corrected chi connectivity index (χ1v) is 7.25. The Balaban J connectivity index is 1.89. The van der Waals surface area contributed by atoms with Crippen molar-refractivity contribution in [3.05, 3.63) is 29.8 Å². The van der Waals surface area contributed by atoms with Gasteiger partial charge in [-0.2, -0.15) is 0 Å². The number of morpholine rings is 1. The average Bonchev–Trinajstić information content (AvgIpc) is 2.40. The lowest BCUT2D eigenvalue weighted by molar-refractivity contribution is -0.0685. The SMILES string of the molecule is CNC(CCN1C[C@@H](C)O[C@@H](C)C1)c1ccc(F)cn1. The van der Waals surface area contributed by atoms with E-state index in [2.05, 4.69) is 29.0 Å². The van der Waals surface area contributed by atoms with E-state index in [9.17, 15) is 4.39 Å². The van der Waals surface area contributed by atoms with E-state index < -0.39 is 0 Å². The van der Waals surface area contributed by atoms with E-state index in [-0.39, 0.29) is 24.1 Å². The molecule has 1 unspecified atom stereocenters. The molecule has 1 N–H and O–H groups in total. The van der Waals surface area contributed by atoms with Crippen LogP contribution in [-0.2, 0) is 4.74 Å². The fourth-order valence-electron chi connectivity index (χ4n) is 2.81. The lowest BCUT2D eigenvalue weighted by Gasteiger charge is -2.35. The molecule has 0 bridgehead atoms. The lowest BCUT2D eigenvalue weighted by Crippen LogP contribution is -2.46. The molecule has 1 saturated heterocycles. The minimum atomic E-state index is -0.292. The van der Waals surface area contributed by atoms with Crippen molar-refractivity contribution in [1.82, 2.24) is 15.2 Å². The molecule has 5 heteroatoms. The first-order valence-electron chi connectivity index (χ1n) is 7.25. The minimum absolute atomic E-state index is 0.157. The molecule has 3 atom stereocenters. The highest BCUT2D eigenvalue weighted by atomic mass is 19.1. The zero-order chi connectivity index (χ0) is 14.5. The Morgan fingerprint density at radius 1 is 1.40 bits per heavy atom.